The Labute approximate surface area is 176 Å². The zero-order valence-electron chi connectivity index (χ0n) is 16.1. The van der Waals surface area contributed by atoms with Gasteiger partial charge in [0.2, 0.25) is 5.43 Å². The zero-order chi connectivity index (χ0) is 21.2. The van der Waals surface area contributed by atoms with Crippen LogP contribution in [0.5, 0.6) is 0 Å². The molecule has 0 fully saturated rings. The second kappa shape index (κ2) is 7.75. The predicted octanol–water partition coefficient (Wildman–Crippen LogP) is 3.68. The molecule has 8 heteroatoms. The Kier molecular flexibility index (Phi) is 4.64. The summed E-state index contributed by atoms with van der Waals surface area (Å²) in [6.07, 6.45) is 7.68. The van der Waals surface area contributed by atoms with Crippen LogP contribution in [0.4, 0.5) is 4.39 Å². The minimum absolute atomic E-state index is 0.170. The van der Waals surface area contributed by atoms with E-state index in [1.807, 2.05) is 30.3 Å². The number of benzene rings is 2. The molecule has 3 heterocycles. The van der Waals surface area contributed by atoms with Gasteiger partial charge in [0.1, 0.15) is 17.8 Å². The topological polar surface area (TPSA) is 78.5 Å². The molecule has 0 saturated carbocycles. The van der Waals surface area contributed by atoms with Gasteiger partial charge in [-0.05, 0) is 35.9 Å². The fourth-order valence-corrected chi connectivity index (χ4v) is 3.30. The summed E-state index contributed by atoms with van der Waals surface area (Å²) in [6, 6.07) is 17.2. The first-order chi connectivity index (χ1) is 15.2. The predicted molar refractivity (Wildman–Crippen MR) is 113 cm³/mol. The summed E-state index contributed by atoms with van der Waals surface area (Å²) in [6.45, 7) is 0. The molecule has 0 aliphatic rings. The van der Waals surface area contributed by atoms with E-state index in [0.717, 1.165) is 5.69 Å². The first-order valence-electron chi connectivity index (χ1n) is 9.46. The van der Waals surface area contributed by atoms with E-state index in [1.54, 1.807) is 41.5 Å². The van der Waals surface area contributed by atoms with Gasteiger partial charge in [-0.1, -0.05) is 24.3 Å². The van der Waals surface area contributed by atoms with Crippen molar-refractivity contribution in [3.8, 4) is 33.9 Å². The lowest BCUT2D eigenvalue weighted by Gasteiger charge is -2.11. The number of para-hydroxylation sites is 1. The van der Waals surface area contributed by atoms with Gasteiger partial charge in [-0.2, -0.15) is 10.2 Å². The molecule has 0 spiro atoms. The Hall–Kier alpha value is -4.46. The first kappa shape index (κ1) is 18.6. The van der Waals surface area contributed by atoms with Gasteiger partial charge in [0.25, 0.3) is 0 Å². The van der Waals surface area contributed by atoms with Crippen LogP contribution >= 0.6 is 0 Å². The molecule has 0 atom stereocenters. The lowest BCUT2D eigenvalue weighted by molar-refractivity contribution is 0.609. The average Bonchev–Trinajstić information content (AvgIpc) is 3.30. The highest BCUT2D eigenvalue weighted by atomic mass is 19.1. The van der Waals surface area contributed by atoms with Crippen LogP contribution in [0.25, 0.3) is 33.9 Å². The van der Waals surface area contributed by atoms with Crippen LogP contribution in [-0.2, 0) is 0 Å². The highest BCUT2D eigenvalue weighted by molar-refractivity contribution is 5.63. The standard InChI is InChI=1S/C23H15FN6O/c24-19-12-16(17-13-25-15-26-14-17)6-7-20(19)29-11-9-22(31)23(28-29)21-8-10-27-30(21)18-4-2-1-3-5-18/h1-15H. The highest BCUT2D eigenvalue weighted by Crippen LogP contribution is 2.23. The van der Waals surface area contributed by atoms with E-state index in [0.29, 0.717) is 16.8 Å². The smallest absolute Gasteiger partial charge is 0.209 e. The maximum absolute atomic E-state index is 14.9. The second-order valence-corrected chi connectivity index (χ2v) is 6.73. The van der Waals surface area contributed by atoms with Gasteiger partial charge < -0.3 is 0 Å². The lowest BCUT2D eigenvalue weighted by atomic mass is 10.1. The van der Waals surface area contributed by atoms with Crippen molar-refractivity contribution in [1.82, 2.24) is 29.5 Å². The summed E-state index contributed by atoms with van der Waals surface area (Å²) in [5.41, 5.74) is 2.76. The van der Waals surface area contributed by atoms with Crippen molar-refractivity contribution in [1.29, 1.82) is 0 Å². The molecule has 5 aromatic rings. The van der Waals surface area contributed by atoms with Crippen LogP contribution in [0.2, 0.25) is 0 Å². The molecule has 3 aromatic heterocycles. The lowest BCUT2D eigenvalue weighted by Crippen LogP contribution is -2.15. The molecule has 7 nitrogen and oxygen atoms in total. The number of halogens is 1. The van der Waals surface area contributed by atoms with Crippen LogP contribution in [0.1, 0.15) is 0 Å². The third-order valence-corrected chi connectivity index (χ3v) is 4.78. The van der Waals surface area contributed by atoms with Crippen LogP contribution in [0.3, 0.4) is 0 Å². The van der Waals surface area contributed by atoms with Crippen molar-refractivity contribution >= 4 is 0 Å². The minimum Gasteiger partial charge on any atom is -0.287 e. The Morgan fingerprint density at radius 3 is 2.45 bits per heavy atom. The summed E-state index contributed by atoms with van der Waals surface area (Å²) in [5, 5.41) is 8.72. The van der Waals surface area contributed by atoms with Crippen molar-refractivity contribution in [3.63, 3.8) is 0 Å². The molecule has 31 heavy (non-hydrogen) atoms. The Bertz CT molecular complexity index is 1410. The number of hydrogen-bond acceptors (Lipinski definition) is 5. The molecular weight excluding hydrogens is 395 g/mol. The molecule has 2 aromatic carbocycles. The molecule has 0 N–H and O–H groups in total. The van der Waals surface area contributed by atoms with Gasteiger partial charge in [0.15, 0.2) is 5.69 Å². The van der Waals surface area contributed by atoms with Crippen LogP contribution in [0.15, 0.2) is 96.6 Å². The van der Waals surface area contributed by atoms with Gasteiger partial charge in [-0.15, -0.1) is 0 Å². The van der Waals surface area contributed by atoms with Crippen LogP contribution in [-0.4, -0.2) is 29.5 Å². The number of nitrogens with zero attached hydrogens (tertiary/aromatic N) is 6. The molecule has 0 aliphatic heterocycles. The maximum Gasteiger partial charge on any atom is 0.209 e. The molecule has 5 rings (SSSR count). The number of rotatable bonds is 4. The van der Waals surface area contributed by atoms with Crippen molar-refractivity contribution in [2.45, 2.75) is 0 Å². The third-order valence-electron chi connectivity index (χ3n) is 4.78. The van der Waals surface area contributed by atoms with Crippen molar-refractivity contribution in [2.24, 2.45) is 0 Å². The largest absolute Gasteiger partial charge is 0.287 e. The number of aromatic nitrogens is 6. The Balaban J connectivity index is 1.58. The van der Waals surface area contributed by atoms with E-state index in [2.05, 4.69) is 20.2 Å². The summed E-state index contributed by atoms with van der Waals surface area (Å²) >= 11 is 0. The average molecular weight is 410 g/mol. The molecule has 0 amide bonds. The second-order valence-electron chi connectivity index (χ2n) is 6.73. The molecule has 0 unspecified atom stereocenters. The van der Waals surface area contributed by atoms with Gasteiger partial charge in [-0.25, -0.2) is 23.7 Å². The van der Waals surface area contributed by atoms with Crippen molar-refractivity contribution < 1.29 is 4.39 Å². The summed E-state index contributed by atoms with van der Waals surface area (Å²) in [4.78, 5) is 20.5. The highest BCUT2D eigenvalue weighted by Gasteiger charge is 2.15. The monoisotopic (exact) mass is 410 g/mol. The van der Waals surface area contributed by atoms with Gasteiger partial charge in [-0.3, -0.25) is 4.79 Å². The van der Waals surface area contributed by atoms with Gasteiger partial charge >= 0.3 is 0 Å². The first-order valence-corrected chi connectivity index (χ1v) is 9.46. The fourth-order valence-electron chi connectivity index (χ4n) is 3.30. The van der Waals surface area contributed by atoms with E-state index in [-0.39, 0.29) is 16.8 Å². The molecule has 150 valence electrons. The van der Waals surface area contributed by atoms with Crippen molar-refractivity contribution in [3.05, 3.63) is 108 Å². The van der Waals surface area contributed by atoms with Gasteiger partial charge in [0, 0.05) is 30.2 Å². The zero-order valence-corrected chi connectivity index (χ0v) is 16.1. The van der Waals surface area contributed by atoms with Crippen LogP contribution < -0.4 is 5.43 Å². The van der Waals surface area contributed by atoms with Crippen molar-refractivity contribution in [2.75, 3.05) is 0 Å². The molecule has 0 bridgehead atoms. The molecular formula is C23H15FN6O. The van der Waals surface area contributed by atoms with Crippen LogP contribution in [0, 0.1) is 5.82 Å². The van der Waals surface area contributed by atoms with Gasteiger partial charge in [0.05, 0.1) is 17.6 Å². The Morgan fingerprint density at radius 2 is 1.68 bits per heavy atom. The van der Waals surface area contributed by atoms with E-state index < -0.39 is 5.82 Å². The van der Waals surface area contributed by atoms with E-state index in [4.69, 9.17) is 0 Å². The molecule has 0 radical (unpaired) electrons. The van der Waals surface area contributed by atoms with E-state index in [1.165, 1.54) is 29.3 Å². The molecule has 0 aliphatic carbocycles. The third kappa shape index (κ3) is 3.51. The fraction of sp³-hybridized carbons (Fsp3) is 0. The SMILES string of the molecule is O=c1ccn(-c2ccc(-c3cncnc3)cc2F)nc1-c1ccnn1-c1ccccc1. The van der Waals surface area contributed by atoms with E-state index in [9.17, 15) is 9.18 Å². The quantitative estimate of drug-likeness (QED) is 0.452. The Morgan fingerprint density at radius 1 is 0.871 bits per heavy atom. The molecule has 0 saturated heterocycles. The summed E-state index contributed by atoms with van der Waals surface area (Å²) in [5.74, 6) is -0.486. The minimum atomic E-state index is -0.486. The van der Waals surface area contributed by atoms with E-state index >= 15 is 0 Å². The maximum atomic E-state index is 14.9. The normalized spacial score (nSPS) is 10.9. The summed E-state index contributed by atoms with van der Waals surface area (Å²) < 4.78 is 17.9. The summed E-state index contributed by atoms with van der Waals surface area (Å²) in [7, 11) is 0. The number of hydrogen-bond donors (Lipinski definition) is 0.